The number of rotatable bonds is 7. The van der Waals surface area contributed by atoms with Gasteiger partial charge in [0.15, 0.2) is 0 Å². The number of hydrogen-bond acceptors (Lipinski definition) is 4. The van der Waals surface area contributed by atoms with Crippen molar-refractivity contribution in [3.05, 3.63) is 111 Å². The van der Waals surface area contributed by atoms with E-state index < -0.39 is 4.92 Å². The van der Waals surface area contributed by atoms with Crippen molar-refractivity contribution in [1.82, 2.24) is 15.1 Å². The van der Waals surface area contributed by atoms with Crippen molar-refractivity contribution in [3.8, 4) is 16.9 Å². The highest BCUT2D eigenvalue weighted by molar-refractivity contribution is 6.30. The highest BCUT2D eigenvalue weighted by Gasteiger charge is 2.18. The highest BCUT2D eigenvalue weighted by atomic mass is 35.5. The minimum atomic E-state index is -0.457. The van der Waals surface area contributed by atoms with Crippen LogP contribution in [0.25, 0.3) is 16.9 Å². The van der Waals surface area contributed by atoms with E-state index >= 15 is 0 Å². The number of benzene rings is 3. The molecule has 0 radical (unpaired) electrons. The van der Waals surface area contributed by atoms with Crippen LogP contribution in [-0.4, -0.2) is 27.2 Å². The molecule has 0 saturated carbocycles. The molecule has 7 nitrogen and oxygen atoms in total. The number of aromatic nitrogens is 2. The molecular formula is C24H19ClN4O3. The quantitative estimate of drug-likeness (QED) is 0.317. The number of carbonyl (C=O) groups is 1. The Hall–Kier alpha value is -3.97. The third-order valence-electron chi connectivity index (χ3n) is 4.93. The van der Waals surface area contributed by atoms with E-state index in [1.54, 1.807) is 47.1 Å². The van der Waals surface area contributed by atoms with Crippen molar-refractivity contribution in [1.29, 1.82) is 0 Å². The van der Waals surface area contributed by atoms with Crippen LogP contribution in [0.15, 0.2) is 84.9 Å². The molecule has 0 atom stereocenters. The van der Waals surface area contributed by atoms with E-state index in [0.717, 1.165) is 5.56 Å². The van der Waals surface area contributed by atoms with E-state index in [9.17, 15) is 14.9 Å². The first-order chi connectivity index (χ1) is 15.5. The van der Waals surface area contributed by atoms with Gasteiger partial charge in [-0.3, -0.25) is 14.9 Å². The molecule has 0 fully saturated rings. The number of nitrogens with one attached hydrogen (secondary N) is 1. The van der Waals surface area contributed by atoms with Gasteiger partial charge in [-0.15, -0.1) is 0 Å². The van der Waals surface area contributed by atoms with Crippen LogP contribution in [-0.2, 0) is 6.42 Å². The Morgan fingerprint density at radius 1 is 1.00 bits per heavy atom. The van der Waals surface area contributed by atoms with Crippen molar-refractivity contribution in [3.63, 3.8) is 0 Å². The summed E-state index contributed by atoms with van der Waals surface area (Å²) in [6, 6.07) is 24.6. The van der Waals surface area contributed by atoms with Crippen LogP contribution in [0.5, 0.6) is 0 Å². The molecule has 1 heterocycles. The second-order valence-corrected chi connectivity index (χ2v) is 7.53. The smallest absolute Gasteiger partial charge is 0.270 e. The fraction of sp³-hybridized carbons (Fsp3) is 0.0833. The molecule has 4 aromatic rings. The fourth-order valence-electron chi connectivity index (χ4n) is 3.27. The van der Waals surface area contributed by atoms with E-state index in [1.165, 1.54) is 12.1 Å². The molecule has 0 aliphatic heterocycles. The lowest BCUT2D eigenvalue weighted by Crippen LogP contribution is -2.27. The third kappa shape index (κ3) is 4.84. The molecule has 1 amide bonds. The Kier molecular flexibility index (Phi) is 6.28. The molecule has 1 aromatic heterocycles. The van der Waals surface area contributed by atoms with Gasteiger partial charge in [-0.25, -0.2) is 4.68 Å². The van der Waals surface area contributed by atoms with Gasteiger partial charge in [0, 0.05) is 29.3 Å². The molecule has 0 aliphatic carbocycles. The van der Waals surface area contributed by atoms with Crippen LogP contribution in [0.2, 0.25) is 5.02 Å². The molecule has 0 aliphatic rings. The summed E-state index contributed by atoms with van der Waals surface area (Å²) in [5.41, 5.74) is 3.35. The van der Waals surface area contributed by atoms with Crippen molar-refractivity contribution < 1.29 is 9.72 Å². The first kappa shape index (κ1) is 21.3. The zero-order valence-electron chi connectivity index (χ0n) is 16.9. The first-order valence-corrected chi connectivity index (χ1v) is 10.3. The second-order valence-electron chi connectivity index (χ2n) is 7.10. The number of halogens is 1. The van der Waals surface area contributed by atoms with Gasteiger partial charge in [-0.2, -0.15) is 5.10 Å². The summed E-state index contributed by atoms with van der Waals surface area (Å²) in [6.07, 6.45) is 0.705. The summed E-state index contributed by atoms with van der Waals surface area (Å²) in [5.74, 6) is -0.267. The third-order valence-corrected chi connectivity index (χ3v) is 5.18. The van der Waals surface area contributed by atoms with Crippen molar-refractivity contribution in [2.45, 2.75) is 6.42 Å². The van der Waals surface area contributed by atoms with Crippen LogP contribution < -0.4 is 5.32 Å². The summed E-state index contributed by atoms with van der Waals surface area (Å²) >= 11 is 6.01. The Bertz CT molecular complexity index is 1240. The number of carbonyl (C=O) groups excluding carboxylic acids is 1. The van der Waals surface area contributed by atoms with Crippen LogP contribution in [0.4, 0.5) is 5.69 Å². The van der Waals surface area contributed by atoms with Gasteiger partial charge >= 0.3 is 0 Å². The molecule has 3 aromatic carbocycles. The standard InChI is InChI=1S/C24H19ClN4O3/c25-19-8-12-20(13-9-19)28-23(24(30)26-15-14-17-4-2-1-3-5-17)16-22(27-28)18-6-10-21(11-7-18)29(31)32/h1-13,16H,14-15H2,(H,26,30). The topological polar surface area (TPSA) is 90.1 Å². The van der Waals surface area contributed by atoms with E-state index in [-0.39, 0.29) is 11.6 Å². The van der Waals surface area contributed by atoms with Gasteiger partial charge in [0.2, 0.25) is 0 Å². The minimum Gasteiger partial charge on any atom is -0.350 e. The summed E-state index contributed by atoms with van der Waals surface area (Å²) < 4.78 is 1.55. The van der Waals surface area contributed by atoms with Crippen LogP contribution in [0.3, 0.4) is 0 Å². The lowest BCUT2D eigenvalue weighted by Gasteiger charge is -2.08. The van der Waals surface area contributed by atoms with Crippen molar-refractivity contribution >= 4 is 23.2 Å². The van der Waals surface area contributed by atoms with Crippen LogP contribution in [0, 0.1) is 10.1 Å². The number of nitro benzene ring substituents is 1. The van der Waals surface area contributed by atoms with Crippen LogP contribution in [0.1, 0.15) is 16.1 Å². The fourth-order valence-corrected chi connectivity index (χ4v) is 3.40. The maximum Gasteiger partial charge on any atom is 0.270 e. The predicted molar refractivity (Wildman–Crippen MR) is 123 cm³/mol. The van der Waals surface area contributed by atoms with E-state index in [2.05, 4.69) is 10.4 Å². The zero-order chi connectivity index (χ0) is 22.5. The molecule has 1 N–H and O–H groups in total. The molecule has 4 rings (SSSR count). The van der Waals surface area contributed by atoms with E-state index in [0.29, 0.717) is 40.6 Å². The summed E-state index contributed by atoms with van der Waals surface area (Å²) in [4.78, 5) is 23.5. The molecule has 0 saturated heterocycles. The Balaban J connectivity index is 1.62. The molecule has 0 unspecified atom stereocenters. The molecule has 0 spiro atoms. The van der Waals surface area contributed by atoms with Gasteiger partial charge in [0.05, 0.1) is 16.3 Å². The average molecular weight is 447 g/mol. The average Bonchev–Trinajstić information content (AvgIpc) is 3.26. The molecule has 0 bridgehead atoms. The summed E-state index contributed by atoms with van der Waals surface area (Å²) in [6.45, 7) is 0.474. The number of non-ortho nitro benzene ring substituents is 1. The number of hydrogen-bond donors (Lipinski definition) is 1. The second kappa shape index (κ2) is 9.45. The largest absolute Gasteiger partial charge is 0.350 e. The lowest BCUT2D eigenvalue weighted by atomic mass is 10.1. The molecule has 160 valence electrons. The molecule has 8 heteroatoms. The Morgan fingerprint density at radius 2 is 1.69 bits per heavy atom. The summed E-state index contributed by atoms with van der Waals surface area (Å²) in [7, 11) is 0. The number of nitro groups is 1. The summed E-state index contributed by atoms with van der Waals surface area (Å²) in [5, 5.41) is 19.0. The van der Waals surface area contributed by atoms with Gasteiger partial charge in [0.25, 0.3) is 11.6 Å². The maximum atomic E-state index is 13.0. The van der Waals surface area contributed by atoms with Crippen LogP contribution >= 0.6 is 11.6 Å². The van der Waals surface area contributed by atoms with Crippen molar-refractivity contribution in [2.24, 2.45) is 0 Å². The predicted octanol–water partition coefficient (Wildman–Crippen LogP) is 5.07. The Labute approximate surface area is 189 Å². The first-order valence-electron chi connectivity index (χ1n) is 9.94. The zero-order valence-corrected chi connectivity index (χ0v) is 17.7. The van der Waals surface area contributed by atoms with Gasteiger partial charge in [-0.05, 0) is 54.4 Å². The highest BCUT2D eigenvalue weighted by Crippen LogP contribution is 2.24. The van der Waals surface area contributed by atoms with Gasteiger partial charge in [0.1, 0.15) is 5.69 Å². The van der Waals surface area contributed by atoms with Crippen molar-refractivity contribution in [2.75, 3.05) is 6.54 Å². The maximum absolute atomic E-state index is 13.0. The van der Waals surface area contributed by atoms with E-state index in [1.807, 2.05) is 30.3 Å². The monoisotopic (exact) mass is 446 g/mol. The normalized spacial score (nSPS) is 10.7. The lowest BCUT2D eigenvalue weighted by molar-refractivity contribution is -0.384. The van der Waals surface area contributed by atoms with E-state index in [4.69, 9.17) is 11.6 Å². The SMILES string of the molecule is O=C(NCCc1ccccc1)c1cc(-c2ccc([N+](=O)[O-])cc2)nn1-c1ccc(Cl)cc1. The molecule has 32 heavy (non-hydrogen) atoms. The Morgan fingerprint density at radius 3 is 2.34 bits per heavy atom. The van der Waals surface area contributed by atoms with Gasteiger partial charge < -0.3 is 5.32 Å². The van der Waals surface area contributed by atoms with Gasteiger partial charge in [-0.1, -0.05) is 41.9 Å². The molecular weight excluding hydrogens is 428 g/mol. The number of nitrogens with zero attached hydrogens (tertiary/aromatic N) is 3. The minimum absolute atomic E-state index is 0.00948. The number of amides is 1.